The van der Waals surface area contributed by atoms with Crippen LogP contribution in [0.15, 0.2) is 35.1 Å². The summed E-state index contributed by atoms with van der Waals surface area (Å²) in [4.78, 5) is 16.5. The molecule has 0 aliphatic carbocycles. The van der Waals surface area contributed by atoms with E-state index >= 15 is 0 Å². The van der Waals surface area contributed by atoms with Crippen molar-refractivity contribution in [2.75, 3.05) is 21.3 Å². The van der Waals surface area contributed by atoms with E-state index in [9.17, 15) is 4.79 Å². The first-order valence-electron chi connectivity index (χ1n) is 6.78. The Bertz CT molecular complexity index is 692. The summed E-state index contributed by atoms with van der Waals surface area (Å²) < 4.78 is 16.4. The lowest BCUT2D eigenvalue weighted by Gasteiger charge is -2.16. The summed E-state index contributed by atoms with van der Waals surface area (Å²) in [7, 11) is 4.51. The Labute approximate surface area is 142 Å². The normalized spacial score (nSPS) is 10.1. The molecule has 0 saturated carbocycles. The third-order valence-electron chi connectivity index (χ3n) is 3.19. The van der Waals surface area contributed by atoms with Crippen molar-refractivity contribution in [1.82, 2.24) is 10.3 Å². The number of carbonyl (C=O) groups is 1. The molecule has 0 bridgehead atoms. The molecule has 1 aromatic heterocycles. The molecular weight excluding hydrogens is 364 g/mol. The highest BCUT2D eigenvalue weighted by Crippen LogP contribution is 2.44. The van der Waals surface area contributed by atoms with Crippen LogP contribution in [0.5, 0.6) is 17.2 Å². The van der Waals surface area contributed by atoms with Crippen LogP contribution < -0.4 is 19.5 Å². The van der Waals surface area contributed by atoms with Gasteiger partial charge in [-0.25, -0.2) is 0 Å². The quantitative estimate of drug-likeness (QED) is 0.834. The van der Waals surface area contributed by atoms with E-state index in [1.165, 1.54) is 21.3 Å². The van der Waals surface area contributed by atoms with E-state index < -0.39 is 0 Å². The molecule has 6 nitrogen and oxygen atoms in total. The third-order valence-corrected chi connectivity index (χ3v) is 3.98. The third kappa shape index (κ3) is 3.73. The van der Waals surface area contributed by atoms with E-state index in [4.69, 9.17) is 14.2 Å². The average molecular weight is 381 g/mol. The number of methoxy groups -OCH3 is 3. The molecule has 0 radical (unpaired) electrons. The number of rotatable bonds is 6. The molecule has 0 unspecified atom stereocenters. The topological polar surface area (TPSA) is 69.7 Å². The van der Waals surface area contributed by atoms with Gasteiger partial charge in [0.15, 0.2) is 11.5 Å². The number of hydrogen-bond acceptors (Lipinski definition) is 5. The Hall–Kier alpha value is -2.28. The first-order chi connectivity index (χ1) is 11.1. The summed E-state index contributed by atoms with van der Waals surface area (Å²) in [5.74, 6) is 0.975. The Balaban J connectivity index is 2.29. The standard InChI is InChI=1S/C16H17BrN2O4/c1-21-12-7-11(13(17)15(23-3)14(12)22-2)16(20)19-9-10-5-4-6-18-8-10/h4-8H,9H2,1-3H3,(H,19,20). The predicted octanol–water partition coefficient (Wildman–Crippen LogP) is 2.80. The number of aromatic nitrogens is 1. The molecule has 2 aromatic rings. The summed E-state index contributed by atoms with van der Waals surface area (Å²) >= 11 is 3.39. The van der Waals surface area contributed by atoms with Crippen LogP contribution in [-0.4, -0.2) is 32.2 Å². The number of hydrogen-bond donors (Lipinski definition) is 1. The van der Waals surface area contributed by atoms with Crippen LogP contribution in [0, 0.1) is 0 Å². The second kappa shape index (κ2) is 7.82. The smallest absolute Gasteiger partial charge is 0.252 e. The second-order valence-corrected chi connectivity index (χ2v) is 5.34. The van der Waals surface area contributed by atoms with Gasteiger partial charge in [-0.15, -0.1) is 0 Å². The minimum absolute atomic E-state index is 0.264. The summed E-state index contributed by atoms with van der Waals surface area (Å²) in [5.41, 5.74) is 1.30. The maximum absolute atomic E-state index is 12.5. The van der Waals surface area contributed by atoms with Crippen LogP contribution in [0.2, 0.25) is 0 Å². The van der Waals surface area contributed by atoms with E-state index in [-0.39, 0.29) is 5.91 Å². The van der Waals surface area contributed by atoms with Gasteiger partial charge in [-0.2, -0.15) is 0 Å². The number of amides is 1. The van der Waals surface area contributed by atoms with Gasteiger partial charge in [0.25, 0.3) is 5.91 Å². The van der Waals surface area contributed by atoms with Crippen molar-refractivity contribution in [2.45, 2.75) is 6.54 Å². The molecule has 0 aliphatic rings. The summed E-state index contributed by atoms with van der Waals surface area (Å²) in [6.45, 7) is 0.371. The van der Waals surface area contributed by atoms with Gasteiger partial charge >= 0.3 is 0 Å². The van der Waals surface area contributed by atoms with Crippen LogP contribution >= 0.6 is 15.9 Å². The van der Waals surface area contributed by atoms with E-state index in [1.54, 1.807) is 18.5 Å². The van der Waals surface area contributed by atoms with Crippen molar-refractivity contribution in [3.63, 3.8) is 0 Å². The largest absolute Gasteiger partial charge is 0.493 e. The number of ether oxygens (including phenoxy) is 3. The summed E-state index contributed by atoms with van der Waals surface area (Å²) in [6.07, 6.45) is 3.38. The van der Waals surface area contributed by atoms with Crippen molar-refractivity contribution in [2.24, 2.45) is 0 Å². The molecule has 1 heterocycles. The van der Waals surface area contributed by atoms with Crippen LogP contribution in [-0.2, 0) is 6.54 Å². The maximum atomic E-state index is 12.5. The molecule has 1 amide bonds. The molecule has 2 rings (SSSR count). The van der Waals surface area contributed by atoms with Crippen LogP contribution in [0.25, 0.3) is 0 Å². The van der Waals surface area contributed by atoms with E-state index in [2.05, 4.69) is 26.2 Å². The van der Waals surface area contributed by atoms with Gasteiger partial charge in [0.2, 0.25) is 5.75 Å². The summed E-state index contributed by atoms with van der Waals surface area (Å²) in [6, 6.07) is 5.30. The van der Waals surface area contributed by atoms with E-state index in [0.29, 0.717) is 33.8 Å². The van der Waals surface area contributed by atoms with Gasteiger partial charge < -0.3 is 19.5 Å². The van der Waals surface area contributed by atoms with Crippen LogP contribution in [0.1, 0.15) is 15.9 Å². The number of pyridine rings is 1. The Morgan fingerprint density at radius 3 is 2.52 bits per heavy atom. The lowest BCUT2D eigenvalue weighted by Crippen LogP contribution is -2.23. The molecule has 1 N–H and O–H groups in total. The minimum Gasteiger partial charge on any atom is -0.493 e. The fourth-order valence-electron chi connectivity index (χ4n) is 2.07. The molecule has 122 valence electrons. The number of carbonyl (C=O) groups excluding carboxylic acids is 1. The molecule has 23 heavy (non-hydrogen) atoms. The van der Waals surface area contributed by atoms with Crippen molar-refractivity contribution in [1.29, 1.82) is 0 Å². The zero-order valence-electron chi connectivity index (χ0n) is 13.1. The van der Waals surface area contributed by atoms with Crippen molar-refractivity contribution in [3.05, 3.63) is 46.2 Å². The fraction of sp³-hybridized carbons (Fsp3) is 0.250. The predicted molar refractivity (Wildman–Crippen MR) is 89.2 cm³/mol. The zero-order valence-corrected chi connectivity index (χ0v) is 14.6. The monoisotopic (exact) mass is 380 g/mol. The van der Waals surface area contributed by atoms with Crippen molar-refractivity contribution >= 4 is 21.8 Å². The van der Waals surface area contributed by atoms with Crippen LogP contribution in [0.3, 0.4) is 0 Å². The SMILES string of the molecule is COc1cc(C(=O)NCc2cccnc2)c(Br)c(OC)c1OC. The maximum Gasteiger partial charge on any atom is 0.252 e. The molecule has 0 atom stereocenters. The Morgan fingerprint density at radius 2 is 1.96 bits per heavy atom. The second-order valence-electron chi connectivity index (χ2n) is 4.55. The molecular formula is C16H17BrN2O4. The molecule has 1 aromatic carbocycles. The highest BCUT2D eigenvalue weighted by atomic mass is 79.9. The van der Waals surface area contributed by atoms with Gasteiger partial charge in [0.05, 0.1) is 31.4 Å². The number of nitrogens with one attached hydrogen (secondary N) is 1. The highest BCUT2D eigenvalue weighted by molar-refractivity contribution is 9.10. The molecule has 0 spiro atoms. The van der Waals surface area contributed by atoms with Crippen LogP contribution in [0.4, 0.5) is 0 Å². The average Bonchev–Trinajstić information content (AvgIpc) is 2.59. The van der Waals surface area contributed by atoms with E-state index in [1.807, 2.05) is 12.1 Å². The molecule has 7 heteroatoms. The lowest BCUT2D eigenvalue weighted by atomic mass is 10.1. The van der Waals surface area contributed by atoms with Gasteiger partial charge in [-0.3, -0.25) is 9.78 Å². The molecule has 0 aliphatic heterocycles. The Kier molecular flexibility index (Phi) is 5.81. The molecule has 0 fully saturated rings. The number of nitrogens with zero attached hydrogens (tertiary/aromatic N) is 1. The van der Waals surface area contributed by atoms with Gasteiger partial charge in [0, 0.05) is 18.9 Å². The lowest BCUT2D eigenvalue weighted by molar-refractivity contribution is 0.0949. The van der Waals surface area contributed by atoms with Gasteiger partial charge in [-0.1, -0.05) is 6.07 Å². The summed E-state index contributed by atoms with van der Waals surface area (Å²) in [5, 5.41) is 2.84. The van der Waals surface area contributed by atoms with Gasteiger partial charge in [0.1, 0.15) is 0 Å². The van der Waals surface area contributed by atoms with Crippen molar-refractivity contribution < 1.29 is 19.0 Å². The highest BCUT2D eigenvalue weighted by Gasteiger charge is 2.22. The zero-order chi connectivity index (χ0) is 16.8. The molecule has 0 saturated heterocycles. The minimum atomic E-state index is -0.264. The number of benzene rings is 1. The van der Waals surface area contributed by atoms with Crippen molar-refractivity contribution in [3.8, 4) is 17.2 Å². The van der Waals surface area contributed by atoms with E-state index in [0.717, 1.165) is 5.56 Å². The first-order valence-corrected chi connectivity index (χ1v) is 7.57. The fourth-order valence-corrected chi connectivity index (χ4v) is 2.70. The first kappa shape index (κ1) is 17.1. The number of halogens is 1. The van der Waals surface area contributed by atoms with Gasteiger partial charge in [-0.05, 0) is 33.6 Å². The Morgan fingerprint density at radius 1 is 1.22 bits per heavy atom.